The largest absolute Gasteiger partial charge is 0.481 e. The molecule has 0 saturated carbocycles. The number of carbonyl (C=O) groups is 1. The Kier molecular flexibility index (Phi) is 4.84. The van der Waals surface area contributed by atoms with Gasteiger partial charge in [-0.1, -0.05) is 13.8 Å². The van der Waals surface area contributed by atoms with Gasteiger partial charge < -0.3 is 9.84 Å². The molecule has 1 aromatic heterocycles. The van der Waals surface area contributed by atoms with Crippen molar-refractivity contribution in [3.8, 4) is 0 Å². The van der Waals surface area contributed by atoms with Gasteiger partial charge in [-0.3, -0.25) is 4.79 Å². The second kappa shape index (κ2) is 6.16. The number of carboxylic acid groups (broad SMARTS) is 1. The van der Waals surface area contributed by atoms with Gasteiger partial charge in [-0.25, -0.2) is 4.68 Å². The molecule has 1 heterocycles. The van der Waals surface area contributed by atoms with Gasteiger partial charge in [-0.05, 0) is 16.8 Å². The molecule has 1 atom stereocenters. The highest BCUT2D eigenvalue weighted by molar-refractivity contribution is 5.69. The molecule has 0 radical (unpaired) electrons. The molecule has 0 aliphatic carbocycles. The summed E-state index contributed by atoms with van der Waals surface area (Å²) in [7, 11) is 0. The lowest BCUT2D eigenvalue weighted by Gasteiger charge is -2.07. The van der Waals surface area contributed by atoms with Gasteiger partial charge in [0.05, 0.1) is 12.5 Å². The topological polar surface area (TPSA) is 90.1 Å². The summed E-state index contributed by atoms with van der Waals surface area (Å²) >= 11 is 0. The van der Waals surface area contributed by atoms with Crippen LogP contribution in [0.1, 0.15) is 26.1 Å². The van der Waals surface area contributed by atoms with E-state index in [-0.39, 0.29) is 6.54 Å². The van der Waals surface area contributed by atoms with Gasteiger partial charge in [-0.2, -0.15) is 0 Å². The van der Waals surface area contributed by atoms with Crippen molar-refractivity contribution in [2.75, 3.05) is 6.61 Å². The SMILES string of the molecule is CCCOCc1nnnn1CC(C)C(=O)O. The Balaban J connectivity index is 2.53. The van der Waals surface area contributed by atoms with Gasteiger partial charge in [0.25, 0.3) is 0 Å². The average Bonchev–Trinajstić information content (AvgIpc) is 2.66. The van der Waals surface area contributed by atoms with Gasteiger partial charge in [0, 0.05) is 6.61 Å². The van der Waals surface area contributed by atoms with Crippen molar-refractivity contribution in [3.63, 3.8) is 0 Å². The molecule has 90 valence electrons. The molecule has 0 spiro atoms. The highest BCUT2D eigenvalue weighted by atomic mass is 16.5. The third-order valence-electron chi connectivity index (χ3n) is 2.05. The summed E-state index contributed by atoms with van der Waals surface area (Å²) in [6, 6.07) is 0. The summed E-state index contributed by atoms with van der Waals surface area (Å²) in [5.41, 5.74) is 0. The summed E-state index contributed by atoms with van der Waals surface area (Å²) in [5.74, 6) is -0.828. The third kappa shape index (κ3) is 3.58. The monoisotopic (exact) mass is 228 g/mol. The summed E-state index contributed by atoms with van der Waals surface area (Å²) in [6.45, 7) is 4.83. The fourth-order valence-corrected chi connectivity index (χ4v) is 1.11. The smallest absolute Gasteiger partial charge is 0.308 e. The number of aromatic nitrogens is 4. The molecule has 0 amide bonds. The minimum atomic E-state index is -0.865. The minimum absolute atomic E-state index is 0.257. The molecule has 0 bridgehead atoms. The Morgan fingerprint density at radius 3 is 3.00 bits per heavy atom. The molecule has 1 aromatic rings. The quantitative estimate of drug-likeness (QED) is 0.676. The lowest BCUT2D eigenvalue weighted by atomic mass is 10.2. The van der Waals surface area contributed by atoms with E-state index in [2.05, 4.69) is 15.5 Å². The first-order valence-electron chi connectivity index (χ1n) is 5.20. The first kappa shape index (κ1) is 12.6. The summed E-state index contributed by atoms with van der Waals surface area (Å²) in [4.78, 5) is 10.7. The molecular weight excluding hydrogens is 212 g/mol. The molecule has 1 N–H and O–H groups in total. The van der Waals surface area contributed by atoms with Crippen molar-refractivity contribution in [1.29, 1.82) is 0 Å². The van der Waals surface area contributed by atoms with E-state index in [0.29, 0.717) is 19.0 Å². The number of hydrogen-bond acceptors (Lipinski definition) is 5. The summed E-state index contributed by atoms with van der Waals surface area (Å²) in [5, 5.41) is 19.8. The summed E-state index contributed by atoms with van der Waals surface area (Å²) < 4.78 is 6.77. The van der Waals surface area contributed by atoms with Crippen molar-refractivity contribution >= 4 is 5.97 Å². The Morgan fingerprint density at radius 2 is 2.38 bits per heavy atom. The second-order valence-corrected chi connectivity index (χ2v) is 3.57. The Morgan fingerprint density at radius 1 is 1.62 bits per heavy atom. The van der Waals surface area contributed by atoms with E-state index >= 15 is 0 Å². The lowest BCUT2D eigenvalue weighted by molar-refractivity contribution is -0.141. The molecule has 16 heavy (non-hydrogen) atoms. The molecule has 7 nitrogen and oxygen atoms in total. The third-order valence-corrected chi connectivity index (χ3v) is 2.05. The van der Waals surface area contributed by atoms with E-state index in [1.807, 2.05) is 6.92 Å². The maximum absolute atomic E-state index is 10.7. The van der Waals surface area contributed by atoms with Crippen LogP contribution < -0.4 is 0 Å². The number of aliphatic carboxylic acids is 1. The van der Waals surface area contributed by atoms with Gasteiger partial charge >= 0.3 is 5.97 Å². The molecule has 0 saturated heterocycles. The van der Waals surface area contributed by atoms with Crippen LogP contribution in [0.15, 0.2) is 0 Å². The van der Waals surface area contributed by atoms with Crippen LogP contribution in [0.5, 0.6) is 0 Å². The number of rotatable bonds is 7. The van der Waals surface area contributed by atoms with Crippen LogP contribution in [0.3, 0.4) is 0 Å². The second-order valence-electron chi connectivity index (χ2n) is 3.57. The van der Waals surface area contributed by atoms with Crippen LogP contribution in [0.4, 0.5) is 0 Å². The molecule has 7 heteroatoms. The van der Waals surface area contributed by atoms with Crippen molar-refractivity contribution in [2.45, 2.75) is 33.4 Å². The highest BCUT2D eigenvalue weighted by Gasteiger charge is 2.15. The van der Waals surface area contributed by atoms with Crippen molar-refractivity contribution in [2.24, 2.45) is 5.92 Å². The zero-order valence-corrected chi connectivity index (χ0v) is 9.46. The lowest BCUT2D eigenvalue weighted by Crippen LogP contribution is -2.19. The minimum Gasteiger partial charge on any atom is -0.481 e. The van der Waals surface area contributed by atoms with E-state index in [9.17, 15) is 4.79 Å². The summed E-state index contributed by atoms with van der Waals surface area (Å²) in [6.07, 6.45) is 0.924. The Bertz CT molecular complexity index is 339. The zero-order chi connectivity index (χ0) is 12.0. The number of ether oxygens (including phenoxy) is 1. The number of hydrogen-bond donors (Lipinski definition) is 1. The van der Waals surface area contributed by atoms with Crippen molar-refractivity contribution < 1.29 is 14.6 Å². The van der Waals surface area contributed by atoms with E-state index in [0.717, 1.165) is 6.42 Å². The molecule has 0 aliphatic heterocycles. The van der Waals surface area contributed by atoms with Gasteiger partial charge in [-0.15, -0.1) is 5.10 Å². The fraction of sp³-hybridized carbons (Fsp3) is 0.778. The predicted molar refractivity (Wildman–Crippen MR) is 54.6 cm³/mol. The van der Waals surface area contributed by atoms with E-state index in [4.69, 9.17) is 9.84 Å². The highest BCUT2D eigenvalue weighted by Crippen LogP contribution is 2.03. The van der Waals surface area contributed by atoms with E-state index < -0.39 is 11.9 Å². The van der Waals surface area contributed by atoms with Crippen molar-refractivity contribution in [1.82, 2.24) is 20.2 Å². The first-order valence-corrected chi connectivity index (χ1v) is 5.20. The Labute approximate surface area is 93.4 Å². The number of nitrogens with zero attached hydrogens (tertiary/aromatic N) is 4. The molecule has 0 aromatic carbocycles. The number of tetrazole rings is 1. The first-order chi connectivity index (χ1) is 7.65. The van der Waals surface area contributed by atoms with Crippen LogP contribution in [0.2, 0.25) is 0 Å². The number of carboxylic acids is 1. The van der Waals surface area contributed by atoms with Crippen LogP contribution in [-0.2, 0) is 22.7 Å². The van der Waals surface area contributed by atoms with Crippen LogP contribution in [0, 0.1) is 5.92 Å². The fourth-order valence-electron chi connectivity index (χ4n) is 1.11. The zero-order valence-electron chi connectivity index (χ0n) is 9.46. The van der Waals surface area contributed by atoms with Crippen molar-refractivity contribution in [3.05, 3.63) is 5.82 Å². The molecular formula is C9H16N4O3. The van der Waals surface area contributed by atoms with Gasteiger partial charge in [0.1, 0.15) is 6.61 Å². The molecule has 1 rings (SSSR count). The van der Waals surface area contributed by atoms with Gasteiger partial charge in [0.15, 0.2) is 5.82 Å². The normalized spacial score (nSPS) is 12.6. The average molecular weight is 228 g/mol. The van der Waals surface area contributed by atoms with Crippen LogP contribution >= 0.6 is 0 Å². The standard InChI is InChI=1S/C9H16N4O3/c1-3-4-16-6-8-10-11-12-13(8)5-7(2)9(14)15/h7H,3-6H2,1-2H3,(H,14,15). The maximum Gasteiger partial charge on any atom is 0.308 e. The van der Waals surface area contributed by atoms with Gasteiger partial charge in [0.2, 0.25) is 0 Å². The molecule has 0 fully saturated rings. The van der Waals surface area contributed by atoms with E-state index in [1.165, 1.54) is 4.68 Å². The maximum atomic E-state index is 10.7. The molecule has 0 aliphatic rings. The Hall–Kier alpha value is -1.50. The van der Waals surface area contributed by atoms with Crippen LogP contribution in [0.25, 0.3) is 0 Å². The predicted octanol–water partition coefficient (Wildman–Crippen LogP) is 0.320. The molecule has 1 unspecified atom stereocenters. The van der Waals surface area contributed by atoms with Crippen LogP contribution in [-0.4, -0.2) is 37.9 Å². The van der Waals surface area contributed by atoms with E-state index in [1.54, 1.807) is 6.92 Å².